The second kappa shape index (κ2) is 5.47. The number of aliphatic carboxylic acids is 1. The third-order valence-corrected chi connectivity index (χ3v) is 4.06. The fourth-order valence-electron chi connectivity index (χ4n) is 3.10. The van der Waals surface area contributed by atoms with Gasteiger partial charge in [-0.15, -0.1) is 0 Å². The van der Waals surface area contributed by atoms with Gasteiger partial charge in [-0.1, -0.05) is 13.8 Å². The molecule has 1 fully saturated rings. The summed E-state index contributed by atoms with van der Waals surface area (Å²) in [7, 11) is 0. The zero-order valence-electron chi connectivity index (χ0n) is 12.5. The summed E-state index contributed by atoms with van der Waals surface area (Å²) < 4.78 is 13.5. The summed E-state index contributed by atoms with van der Waals surface area (Å²) in [6.07, 6.45) is 1.49. The molecule has 1 aliphatic rings. The van der Waals surface area contributed by atoms with Crippen molar-refractivity contribution in [3.05, 3.63) is 35.1 Å². The highest BCUT2D eigenvalue weighted by molar-refractivity contribution is 5.97. The molecule has 0 aromatic heterocycles. The van der Waals surface area contributed by atoms with Crippen molar-refractivity contribution in [1.82, 2.24) is 4.90 Å². The lowest BCUT2D eigenvalue weighted by atomic mass is 9.76. The maximum Gasteiger partial charge on any atom is 0.326 e. The molecule has 1 amide bonds. The number of rotatable bonds is 2. The van der Waals surface area contributed by atoms with E-state index in [4.69, 9.17) is 0 Å². The van der Waals surface area contributed by atoms with Crippen LogP contribution in [0.4, 0.5) is 4.39 Å². The van der Waals surface area contributed by atoms with Crippen LogP contribution in [0.25, 0.3) is 0 Å². The number of likely N-dealkylation sites (tertiary alicyclic amines) is 1. The lowest BCUT2D eigenvalue weighted by molar-refractivity contribution is -0.148. The van der Waals surface area contributed by atoms with Gasteiger partial charge in [0.05, 0.1) is 0 Å². The van der Waals surface area contributed by atoms with Crippen LogP contribution in [0.2, 0.25) is 0 Å². The number of aryl methyl sites for hydroxylation is 1. The summed E-state index contributed by atoms with van der Waals surface area (Å²) in [5.41, 5.74) is 0.347. The number of hydrogen-bond acceptors (Lipinski definition) is 2. The van der Waals surface area contributed by atoms with Crippen molar-refractivity contribution < 1.29 is 19.1 Å². The lowest BCUT2D eigenvalue weighted by Crippen LogP contribution is -2.56. The van der Waals surface area contributed by atoms with Crippen molar-refractivity contribution in [3.63, 3.8) is 0 Å². The fraction of sp³-hybridized carbons (Fsp3) is 0.500. The molecular weight excluding hydrogens is 273 g/mol. The second-order valence-electron chi connectivity index (χ2n) is 6.35. The predicted molar refractivity (Wildman–Crippen MR) is 76.6 cm³/mol. The number of benzene rings is 1. The normalized spacial score (nSPS) is 21.1. The number of hydrogen-bond donors (Lipinski definition) is 1. The number of amides is 1. The molecule has 1 unspecified atom stereocenters. The summed E-state index contributed by atoms with van der Waals surface area (Å²) in [6.45, 7) is 5.79. The Hall–Kier alpha value is -1.91. The largest absolute Gasteiger partial charge is 0.480 e. The van der Waals surface area contributed by atoms with E-state index >= 15 is 0 Å². The van der Waals surface area contributed by atoms with Gasteiger partial charge in [0.2, 0.25) is 0 Å². The minimum atomic E-state index is -1.01. The van der Waals surface area contributed by atoms with E-state index in [1.165, 1.54) is 11.0 Å². The number of nitrogens with zero attached hydrogens (tertiary/aromatic N) is 1. The molecule has 4 nitrogen and oxygen atoms in total. The standard InChI is InChI=1S/C16H20FNO3/c1-10-7-11(9-12(17)8-10)14(19)18-6-4-5-16(2,3)13(18)15(20)21/h7-9,13H,4-6H2,1-3H3,(H,20,21). The van der Waals surface area contributed by atoms with Crippen molar-refractivity contribution in [1.29, 1.82) is 0 Å². The van der Waals surface area contributed by atoms with Gasteiger partial charge in [-0.2, -0.15) is 0 Å². The van der Waals surface area contributed by atoms with E-state index in [0.29, 0.717) is 12.1 Å². The van der Waals surface area contributed by atoms with E-state index in [2.05, 4.69) is 0 Å². The average Bonchev–Trinajstić information content (AvgIpc) is 2.34. The Labute approximate surface area is 123 Å². The Morgan fingerprint density at radius 2 is 2.00 bits per heavy atom. The molecular formula is C16H20FNO3. The van der Waals surface area contributed by atoms with Gasteiger partial charge < -0.3 is 10.0 Å². The van der Waals surface area contributed by atoms with E-state index in [9.17, 15) is 19.1 Å². The molecule has 0 radical (unpaired) electrons. The third-order valence-electron chi connectivity index (χ3n) is 4.06. The first kappa shape index (κ1) is 15.5. The zero-order valence-corrected chi connectivity index (χ0v) is 12.5. The van der Waals surface area contributed by atoms with Crippen LogP contribution >= 0.6 is 0 Å². The topological polar surface area (TPSA) is 57.6 Å². The molecule has 2 rings (SSSR count). The Balaban J connectivity index is 2.38. The van der Waals surface area contributed by atoms with Crippen molar-refractivity contribution in [2.24, 2.45) is 5.41 Å². The molecule has 1 aliphatic heterocycles. The summed E-state index contributed by atoms with van der Waals surface area (Å²) in [5, 5.41) is 9.48. The predicted octanol–water partition coefficient (Wildman–Crippen LogP) is 2.85. The zero-order chi connectivity index (χ0) is 15.8. The molecule has 1 aromatic carbocycles. The Bertz CT molecular complexity index is 563. The molecule has 1 N–H and O–H groups in total. The molecule has 1 heterocycles. The molecule has 1 aromatic rings. The number of halogens is 1. The van der Waals surface area contributed by atoms with Gasteiger partial charge in [0.1, 0.15) is 11.9 Å². The van der Waals surface area contributed by atoms with Crippen LogP contribution < -0.4 is 0 Å². The van der Waals surface area contributed by atoms with Gasteiger partial charge >= 0.3 is 5.97 Å². The first-order valence-electron chi connectivity index (χ1n) is 7.03. The lowest BCUT2D eigenvalue weighted by Gasteiger charge is -2.44. The first-order chi connectivity index (χ1) is 9.72. The first-order valence-corrected chi connectivity index (χ1v) is 7.03. The molecule has 1 saturated heterocycles. The second-order valence-corrected chi connectivity index (χ2v) is 6.35. The summed E-state index contributed by atoms with van der Waals surface area (Å²) in [6, 6.07) is 3.20. The van der Waals surface area contributed by atoms with Gasteiger partial charge in [-0.3, -0.25) is 4.79 Å². The third kappa shape index (κ3) is 3.06. The molecule has 5 heteroatoms. The summed E-state index contributed by atoms with van der Waals surface area (Å²) in [4.78, 5) is 25.5. The van der Waals surface area contributed by atoms with Gasteiger partial charge in [0, 0.05) is 12.1 Å². The van der Waals surface area contributed by atoms with Crippen molar-refractivity contribution in [3.8, 4) is 0 Å². The monoisotopic (exact) mass is 293 g/mol. The molecule has 21 heavy (non-hydrogen) atoms. The molecule has 0 spiro atoms. The maximum atomic E-state index is 13.5. The Kier molecular flexibility index (Phi) is 4.03. The van der Waals surface area contributed by atoms with E-state index < -0.39 is 29.2 Å². The maximum absolute atomic E-state index is 13.5. The van der Waals surface area contributed by atoms with Crippen LogP contribution in [-0.4, -0.2) is 34.5 Å². The molecule has 0 bridgehead atoms. The summed E-state index contributed by atoms with van der Waals surface area (Å²) >= 11 is 0. The molecule has 114 valence electrons. The number of carboxylic acid groups (broad SMARTS) is 1. The van der Waals surface area contributed by atoms with Crippen LogP contribution in [0.1, 0.15) is 42.6 Å². The quantitative estimate of drug-likeness (QED) is 0.912. The van der Waals surface area contributed by atoms with Crippen molar-refractivity contribution in [2.75, 3.05) is 6.54 Å². The van der Waals surface area contributed by atoms with Crippen LogP contribution in [0.15, 0.2) is 18.2 Å². The van der Waals surface area contributed by atoms with Gasteiger partial charge in [0.15, 0.2) is 0 Å². The molecule has 1 atom stereocenters. The number of carbonyl (C=O) groups excluding carboxylic acids is 1. The number of carbonyl (C=O) groups is 2. The average molecular weight is 293 g/mol. The SMILES string of the molecule is Cc1cc(F)cc(C(=O)N2CCCC(C)(C)C2C(=O)O)c1. The highest BCUT2D eigenvalue weighted by Crippen LogP contribution is 2.36. The van der Waals surface area contributed by atoms with Gasteiger partial charge in [-0.25, -0.2) is 9.18 Å². The van der Waals surface area contributed by atoms with E-state index in [-0.39, 0.29) is 5.56 Å². The van der Waals surface area contributed by atoms with Gasteiger partial charge in [-0.05, 0) is 48.9 Å². The van der Waals surface area contributed by atoms with Crippen molar-refractivity contribution >= 4 is 11.9 Å². The van der Waals surface area contributed by atoms with Crippen LogP contribution in [-0.2, 0) is 4.79 Å². The van der Waals surface area contributed by atoms with Crippen LogP contribution in [0, 0.1) is 18.2 Å². The molecule has 0 saturated carbocycles. The van der Waals surface area contributed by atoms with Crippen LogP contribution in [0.5, 0.6) is 0 Å². The molecule has 0 aliphatic carbocycles. The van der Waals surface area contributed by atoms with Crippen LogP contribution in [0.3, 0.4) is 0 Å². The number of carboxylic acids is 1. The number of piperidine rings is 1. The smallest absolute Gasteiger partial charge is 0.326 e. The Morgan fingerprint density at radius 3 is 2.57 bits per heavy atom. The Morgan fingerprint density at radius 1 is 1.33 bits per heavy atom. The fourth-order valence-corrected chi connectivity index (χ4v) is 3.10. The van der Waals surface area contributed by atoms with Gasteiger partial charge in [0.25, 0.3) is 5.91 Å². The van der Waals surface area contributed by atoms with E-state index in [1.807, 2.05) is 13.8 Å². The summed E-state index contributed by atoms with van der Waals surface area (Å²) in [5.74, 6) is -1.92. The minimum Gasteiger partial charge on any atom is -0.480 e. The van der Waals surface area contributed by atoms with Crippen molar-refractivity contribution in [2.45, 2.75) is 39.7 Å². The highest BCUT2D eigenvalue weighted by atomic mass is 19.1. The highest BCUT2D eigenvalue weighted by Gasteiger charge is 2.44. The van der Waals surface area contributed by atoms with E-state index in [0.717, 1.165) is 18.9 Å². The van der Waals surface area contributed by atoms with E-state index in [1.54, 1.807) is 13.0 Å². The minimum absolute atomic E-state index is 0.205.